The van der Waals surface area contributed by atoms with Crippen LogP contribution in [0.15, 0.2) is 84.0 Å². The van der Waals surface area contributed by atoms with E-state index in [1.165, 1.54) is 23.1 Å². The van der Waals surface area contributed by atoms with Crippen LogP contribution in [0.4, 0.5) is 5.13 Å². The molecule has 35 heavy (non-hydrogen) atoms. The molecule has 0 bridgehead atoms. The summed E-state index contributed by atoms with van der Waals surface area (Å²) in [5.74, 6) is 1.15. The number of thioether (sulfide) groups is 1. The summed E-state index contributed by atoms with van der Waals surface area (Å²) < 4.78 is 9.01. The maximum atomic E-state index is 12.7. The second-order valence-corrected chi connectivity index (χ2v) is 9.91. The predicted octanol–water partition coefficient (Wildman–Crippen LogP) is 6.40. The number of nitrogens with one attached hydrogen (secondary N) is 1. The summed E-state index contributed by atoms with van der Waals surface area (Å²) in [7, 11) is 0. The SMILES string of the molecule is CC(Oc1ccccc1Cl)c1nnc(SCC(=O)Nc2nc3ccccc3s2)n1-c1ccccc1. The van der Waals surface area contributed by atoms with E-state index in [1.54, 1.807) is 6.07 Å². The molecule has 0 radical (unpaired) electrons. The van der Waals surface area contributed by atoms with Gasteiger partial charge in [-0.2, -0.15) is 0 Å². The van der Waals surface area contributed by atoms with Gasteiger partial charge in [-0.25, -0.2) is 4.98 Å². The molecule has 1 N–H and O–H groups in total. The van der Waals surface area contributed by atoms with Crippen molar-refractivity contribution in [3.8, 4) is 11.4 Å². The Kier molecular flexibility index (Phi) is 6.98. The monoisotopic (exact) mass is 521 g/mol. The van der Waals surface area contributed by atoms with Crippen LogP contribution in [0.3, 0.4) is 0 Å². The molecule has 1 unspecified atom stereocenters. The van der Waals surface area contributed by atoms with Crippen molar-refractivity contribution < 1.29 is 9.53 Å². The molecule has 3 aromatic carbocycles. The normalized spacial score (nSPS) is 11.9. The Balaban J connectivity index is 1.35. The number of halogens is 1. The lowest BCUT2D eigenvalue weighted by atomic mass is 10.3. The van der Waals surface area contributed by atoms with Crippen LogP contribution >= 0.6 is 34.7 Å². The van der Waals surface area contributed by atoms with Crippen molar-refractivity contribution in [3.05, 3.63) is 89.7 Å². The average Bonchev–Trinajstić information content (AvgIpc) is 3.48. The number of thiazole rings is 1. The molecule has 176 valence electrons. The molecule has 0 aliphatic carbocycles. The number of nitrogens with zero attached hydrogens (tertiary/aromatic N) is 4. The summed E-state index contributed by atoms with van der Waals surface area (Å²) in [6.07, 6.45) is -0.437. The molecular formula is C25H20ClN5O2S2. The van der Waals surface area contributed by atoms with Crippen molar-refractivity contribution in [2.24, 2.45) is 0 Å². The maximum absolute atomic E-state index is 12.7. The number of para-hydroxylation sites is 3. The van der Waals surface area contributed by atoms with Crippen LogP contribution in [0, 0.1) is 0 Å². The molecule has 5 rings (SSSR count). The highest BCUT2D eigenvalue weighted by atomic mass is 35.5. The van der Waals surface area contributed by atoms with Crippen LogP contribution in [0.2, 0.25) is 5.02 Å². The van der Waals surface area contributed by atoms with Crippen LogP contribution < -0.4 is 10.1 Å². The van der Waals surface area contributed by atoms with Gasteiger partial charge in [-0.05, 0) is 43.3 Å². The summed E-state index contributed by atoms with van der Waals surface area (Å²) in [6, 6.07) is 24.8. The first-order chi connectivity index (χ1) is 17.1. The molecule has 10 heteroatoms. The zero-order valence-corrected chi connectivity index (χ0v) is 21.0. The third-order valence-electron chi connectivity index (χ3n) is 5.05. The van der Waals surface area contributed by atoms with Crippen LogP contribution in [-0.4, -0.2) is 31.4 Å². The average molecular weight is 522 g/mol. The lowest BCUT2D eigenvalue weighted by Gasteiger charge is -2.17. The van der Waals surface area contributed by atoms with E-state index in [4.69, 9.17) is 16.3 Å². The van der Waals surface area contributed by atoms with Crippen molar-refractivity contribution in [2.45, 2.75) is 18.2 Å². The second kappa shape index (κ2) is 10.5. The molecule has 1 amide bonds. The minimum absolute atomic E-state index is 0.153. The van der Waals surface area contributed by atoms with Gasteiger partial charge >= 0.3 is 0 Å². The second-order valence-electron chi connectivity index (χ2n) is 7.53. The lowest BCUT2D eigenvalue weighted by Crippen LogP contribution is -2.15. The van der Waals surface area contributed by atoms with Gasteiger partial charge in [0.1, 0.15) is 5.75 Å². The molecule has 0 aliphatic heterocycles. The van der Waals surface area contributed by atoms with E-state index in [2.05, 4.69) is 20.5 Å². The number of aromatic nitrogens is 4. The molecule has 0 fully saturated rings. The highest BCUT2D eigenvalue weighted by Gasteiger charge is 2.22. The van der Waals surface area contributed by atoms with Crippen molar-refractivity contribution in [1.29, 1.82) is 0 Å². The van der Waals surface area contributed by atoms with Gasteiger partial charge in [0.25, 0.3) is 0 Å². The lowest BCUT2D eigenvalue weighted by molar-refractivity contribution is -0.113. The van der Waals surface area contributed by atoms with Crippen molar-refractivity contribution in [2.75, 3.05) is 11.1 Å². The van der Waals surface area contributed by atoms with Crippen LogP contribution in [-0.2, 0) is 4.79 Å². The summed E-state index contributed by atoms with van der Waals surface area (Å²) >= 11 is 9.01. The van der Waals surface area contributed by atoms with Crippen molar-refractivity contribution in [1.82, 2.24) is 19.7 Å². The van der Waals surface area contributed by atoms with Gasteiger partial charge in [0.15, 0.2) is 22.2 Å². The molecule has 7 nitrogen and oxygen atoms in total. The largest absolute Gasteiger partial charge is 0.481 e. The minimum Gasteiger partial charge on any atom is -0.481 e. The smallest absolute Gasteiger partial charge is 0.236 e. The van der Waals surface area contributed by atoms with Gasteiger partial charge in [0.2, 0.25) is 5.91 Å². The fourth-order valence-corrected chi connectivity index (χ4v) is 5.27. The highest BCUT2D eigenvalue weighted by molar-refractivity contribution is 7.99. The molecule has 2 heterocycles. The summed E-state index contributed by atoms with van der Waals surface area (Å²) in [6.45, 7) is 1.89. The number of hydrogen-bond acceptors (Lipinski definition) is 7. The molecular weight excluding hydrogens is 502 g/mol. The Morgan fingerprint density at radius 2 is 1.80 bits per heavy atom. The molecule has 0 saturated carbocycles. The summed E-state index contributed by atoms with van der Waals surface area (Å²) in [5, 5.41) is 13.3. The van der Waals surface area contributed by atoms with E-state index in [0.717, 1.165) is 15.9 Å². The first-order valence-electron chi connectivity index (χ1n) is 10.8. The molecule has 0 saturated heterocycles. The topological polar surface area (TPSA) is 81.9 Å². The Labute approximate surface area is 215 Å². The van der Waals surface area contributed by atoms with E-state index >= 15 is 0 Å². The number of ether oxygens (including phenoxy) is 1. The number of rotatable bonds is 8. The number of carbonyl (C=O) groups is 1. The predicted molar refractivity (Wildman–Crippen MR) is 141 cm³/mol. The van der Waals surface area contributed by atoms with E-state index in [0.29, 0.717) is 26.9 Å². The van der Waals surface area contributed by atoms with Crippen molar-refractivity contribution in [3.63, 3.8) is 0 Å². The first-order valence-corrected chi connectivity index (χ1v) is 13.0. The number of hydrogen-bond donors (Lipinski definition) is 1. The van der Waals surface area contributed by atoms with Gasteiger partial charge < -0.3 is 10.1 Å². The van der Waals surface area contributed by atoms with E-state index in [-0.39, 0.29) is 11.7 Å². The van der Waals surface area contributed by atoms with Crippen molar-refractivity contribution >= 4 is 56.0 Å². The number of fused-ring (bicyclic) bond motifs is 1. The molecule has 0 aliphatic rings. The fraction of sp³-hybridized carbons (Fsp3) is 0.120. The number of anilines is 1. The quantitative estimate of drug-likeness (QED) is 0.238. The van der Waals surface area contributed by atoms with Gasteiger partial charge in [0.05, 0.1) is 21.0 Å². The summed E-state index contributed by atoms with van der Waals surface area (Å²) in [4.78, 5) is 17.1. The first kappa shape index (κ1) is 23.3. The molecule has 2 aromatic heterocycles. The van der Waals surface area contributed by atoms with Gasteiger partial charge in [-0.15, -0.1) is 10.2 Å². The van der Waals surface area contributed by atoms with Gasteiger partial charge in [-0.1, -0.05) is 77.2 Å². The van der Waals surface area contributed by atoms with Crippen LogP contribution in [0.5, 0.6) is 5.75 Å². The number of amides is 1. The standard InChI is InChI=1S/C25H20ClN5O2S2/c1-16(33-20-13-7-5-11-18(20)26)23-29-30-25(31(23)17-9-3-2-4-10-17)34-15-22(32)28-24-27-19-12-6-8-14-21(19)35-24/h2-14,16H,15H2,1H3,(H,27,28,32). The Hall–Kier alpha value is -3.40. The van der Waals surface area contributed by atoms with Crippen LogP contribution in [0.1, 0.15) is 18.9 Å². The maximum Gasteiger partial charge on any atom is 0.236 e. The third kappa shape index (κ3) is 5.32. The molecule has 5 aromatic rings. The highest BCUT2D eigenvalue weighted by Crippen LogP contribution is 2.31. The van der Waals surface area contributed by atoms with E-state index in [9.17, 15) is 4.79 Å². The number of benzene rings is 3. The zero-order chi connectivity index (χ0) is 24.2. The van der Waals surface area contributed by atoms with Gasteiger partial charge in [0, 0.05) is 5.69 Å². The fourth-order valence-electron chi connectivity index (χ4n) is 3.45. The van der Waals surface area contributed by atoms with E-state index < -0.39 is 6.10 Å². The third-order valence-corrected chi connectivity index (χ3v) is 7.24. The molecule has 1 atom stereocenters. The minimum atomic E-state index is -0.437. The number of carbonyl (C=O) groups excluding carboxylic acids is 1. The van der Waals surface area contributed by atoms with E-state index in [1.807, 2.05) is 84.3 Å². The summed E-state index contributed by atoms with van der Waals surface area (Å²) in [5.41, 5.74) is 1.73. The molecule has 0 spiro atoms. The van der Waals surface area contributed by atoms with Crippen LogP contribution in [0.25, 0.3) is 15.9 Å². The zero-order valence-electron chi connectivity index (χ0n) is 18.6. The Bertz CT molecular complexity index is 1440. The van der Waals surface area contributed by atoms with Gasteiger partial charge in [-0.3, -0.25) is 9.36 Å². The Morgan fingerprint density at radius 3 is 2.60 bits per heavy atom. The Morgan fingerprint density at radius 1 is 1.06 bits per heavy atom.